The van der Waals surface area contributed by atoms with Crippen LogP contribution in [0.3, 0.4) is 0 Å². The second-order valence-corrected chi connectivity index (χ2v) is 12.4. The Kier molecular flexibility index (Phi) is 11.5. The summed E-state index contributed by atoms with van der Waals surface area (Å²) in [6.07, 6.45) is 26.2. The molecule has 206 valence electrons. The molecule has 4 fully saturated rings. The molecule has 0 aliphatic heterocycles. The molecule has 4 N–H and O–H groups in total. The Balaban J connectivity index is 1.38. The van der Waals surface area contributed by atoms with Gasteiger partial charge in [-0.15, -0.1) is 0 Å². The standard InChI is InChI=1S/C30H56N6/c1-23(31-29(33-25-15-7-3-8-16-25)34-26-17-9-4-10-18-26)24(2)32-30(35-27-19-11-5-12-20-27)36-28-21-13-6-14-22-28/h23-28H,3-22H2,1-2H3,(H2,31,33,34)(H2,32,35,36). The summed E-state index contributed by atoms with van der Waals surface area (Å²) in [6, 6.07) is 2.61. The number of nitrogens with one attached hydrogen (secondary N) is 4. The summed E-state index contributed by atoms with van der Waals surface area (Å²) < 4.78 is 0. The molecule has 4 saturated carbocycles. The molecule has 4 aliphatic rings. The lowest BCUT2D eigenvalue weighted by atomic mass is 9.95. The van der Waals surface area contributed by atoms with Crippen molar-refractivity contribution in [2.24, 2.45) is 9.98 Å². The van der Waals surface area contributed by atoms with Gasteiger partial charge in [-0.3, -0.25) is 0 Å². The SMILES string of the molecule is CC(NC(=NC1CCCCC1)NC1CCCCC1)C(C)NC(=NC1CCCCC1)NC1CCCCC1. The minimum atomic E-state index is 0.258. The first-order valence-corrected chi connectivity index (χ1v) is 15.9. The summed E-state index contributed by atoms with van der Waals surface area (Å²) in [6.45, 7) is 4.60. The molecular weight excluding hydrogens is 444 g/mol. The van der Waals surface area contributed by atoms with Crippen LogP contribution in [0.4, 0.5) is 0 Å². The molecule has 0 aromatic carbocycles. The Labute approximate surface area is 221 Å². The van der Waals surface area contributed by atoms with Crippen molar-refractivity contribution < 1.29 is 0 Å². The van der Waals surface area contributed by atoms with Crippen molar-refractivity contribution >= 4 is 11.9 Å². The van der Waals surface area contributed by atoms with Gasteiger partial charge >= 0.3 is 0 Å². The van der Waals surface area contributed by atoms with Gasteiger partial charge in [0.05, 0.1) is 12.1 Å². The fourth-order valence-electron chi connectivity index (χ4n) is 6.58. The Morgan fingerprint density at radius 1 is 0.472 bits per heavy atom. The van der Waals surface area contributed by atoms with Gasteiger partial charge in [0.25, 0.3) is 0 Å². The summed E-state index contributed by atoms with van der Waals surface area (Å²) in [5.74, 6) is 2.09. The molecule has 0 amide bonds. The molecule has 6 nitrogen and oxygen atoms in total. The highest BCUT2D eigenvalue weighted by molar-refractivity contribution is 5.82. The van der Waals surface area contributed by atoms with Gasteiger partial charge < -0.3 is 21.3 Å². The number of aliphatic imine (C=N–C) groups is 2. The third kappa shape index (κ3) is 9.45. The third-order valence-electron chi connectivity index (χ3n) is 9.14. The monoisotopic (exact) mass is 500 g/mol. The average Bonchev–Trinajstić information content (AvgIpc) is 2.91. The Morgan fingerprint density at radius 2 is 0.778 bits per heavy atom. The molecule has 4 rings (SSSR count). The predicted octanol–water partition coefficient (Wildman–Crippen LogP) is 6.16. The van der Waals surface area contributed by atoms with E-state index in [1.54, 1.807) is 0 Å². The maximum Gasteiger partial charge on any atom is 0.192 e. The van der Waals surface area contributed by atoms with Crippen molar-refractivity contribution in [3.05, 3.63) is 0 Å². The van der Waals surface area contributed by atoms with Crippen LogP contribution < -0.4 is 21.3 Å². The van der Waals surface area contributed by atoms with Gasteiger partial charge in [-0.1, -0.05) is 77.0 Å². The van der Waals surface area contributed by atoms with Gasteiger partial charge in [0, 0.05) is 24.2 Å². The van der Waals surface area contributed by atoms with Crippen LogP contribution in [0.5, 0.6) is 0 Å². The molecule has 0 bridgehead atoms. The zero-order valence-corrected chi connectivity index (χ0v) is 23.5. The van der Waals surface area contributed by atoms with Gasteiger partial charge in [0.2, 0.25) is 0 Å². The molecular formula is C30H56N6. The normalized spacial score (nSPS) is 26.3. The van der Waals surface area contributed by atoms with Crippen LogP contribution in [0.25, 0.3) is 0 Å². The van der Waals surface area contributed by atoms with Crippen LogP contribution in [0.1, 0.15) is 142 Å². The molecule has 0 aromatic rings. The van der Waals surface area contributed by atoms with Crippen LogP contribution in [-0.2, 0) is 0 Å². The predicted molar refractivity (Wildman–Crippen MR) is 154 cm³/mol. The van der Waals surface area contributed by atoms with Gasteiger partial charge in [0.15, 0.2) is 11.9 Å². The smallest absolute Gasteiger partial charge is 0.192 e. The first-order chi connectivity index (χ1) is 17.7. The highest BCUT2D eigenvalue weighted by Gasteiger charge is 2.23. The minimum Gasteiger partial charge on any atom is -0.354 e. The van der Waals surface area contributed by atoms with Crippen LogP contribution in [0, 0.1) is 0 Å². The topological polar surface area (TPSA) is 72.8 Å². The molecule has 4 aliphatic carbocycles. The zero-order chi connectivity index (χ0) is 25.0. The summed E-state index contributed by atoms with van der Waals surface area (Å²) in [5.41, 5.74) is 0. The lowest BCUT2D eigenvalue weighted by Gasteiger charge is -2.32. The van der Waals surface area contributed by atoms with Crippen molar-refractivity contribution in [1.82, 2.24) is 21.3 Å². The highest BCUT2D eigenvalue weighted by atomic mass is 15.2. The largest absolute Gasteiger partial charge is 0.354 e. The Bertz CT molecular complexity index is 609. The van der Waals surface area contributed by atoms with E-state index in [0.717, 1.165) is 11.9 Å². The number of rotatable bonds is 7. The summed E-state index contributed by atoms with van der Waals surface area (Å²) >= 11 is 0. The molecule has 0 spiro atoms. The number of nitrogens with zero attached hydrogens (tertiary/aromatic N) is 2. The molecule has 2 unspecified atom stereocenters. The summed E-state index contributed by atoms with van der Waals surface area (Å²) in [7, 11) is 0. The fraction of sp³-hybridized carbons (Fsp3) is 0.933. The Hall–Kier alpha value is -1.46. The van der Waals surface area contributed by atoms with Crippen LogP contribution in [0.15, 0.2) is 9.98 Å². The molecule has 0 aromatic heterocycles. The lowest BCUT2D eigenvalue weighted by Crippen LogP contribution is -2.56. The van der Waals surface area contributed by atoms with E-state index in [2.05, 4.69) is 35.1 Å². The molecule has 2 atom stereocenters. The molecule has 0 saturated heterocycles. The van der Waals surface area contributed by atoms with Crippen molar-refractivity contribution in [2.75, 3.05) is 0 Å². The zero-order valence-electron chi connectivity index (χ0n) is 23.5. The van der Waals surface area contributed by atoms with Gasteiger partial charge in [-0.2, -0.15) is 0 Å². The molecule has 36 heavy (non-hydrogen) atoms. The van der Waals surface area contributed by atoms with Crippen molar-refractivity contribution in [2.45, 2.75) is 179 Å². The number of guanidine groups is 2. The summed E-state index contributed by atoms with van der Waals surface area (Å²) in [5, 5.41) is 15.3. The van der Waals surface area contributed by atoms with E-state index in [1.807, 2.05) is 0 Å². The quantitative estimate of drug-likeness (QED) is 0.249. The first kappa shape index (κ1) is 27.6. The third-order valence-corrected chi connectivity index (χ3v) is 9.14. The maximum absolute atomic E-state index is 5.24. The highest BCUT2D eigenvalue weighted by Crippen LogP contribution is 2.23. The molecule has 6 heteroatoms. The van der Waals surface area contributed by atoms with Crippen molar-refractivity contribution in [1.29, 1.82) is 0 Å². The van der Waals surface area contributed by atoms with Crippen molar-refractivity contribution in [3.8, 4) is 0 Å². The second-order valence-electron chi connectivity index (χ2n) is 12.4. The van der Waals surface area contributed by atoms with E-state index < -0.39 is 0 Å². The van der Waals surface area contributed by atoms with Crippen LogP contribution in [-0.4, -0.2) is 48.2 Å². The van der Waals surface area contributed by atoms with Gasteiger partial charge in [-0.05, 0) is 65.2 Å². The van der Waals surface area contributed by atoms with E-state index in [1.165, 1.54) is 128 Å². The Morgan fingerprint density at radius 3 is 1.11 bits per heavy atom. The van der Waals surface area contributed by atoms with Crippen molar-refractivity contribution in [3.63, 3.8) is 0 Å². The maximum atomic E-state index is 5.24. The molecule has 0 radical (unpaired) electrons. The van der Waals surface area contributed by atoms with E-state index >= 15 is 0 Å². The van der Waals surface area contributed by atoms with E-state index in [4.69, 9.17) is 9.98 Å². The van der Waals surface area contributed by atoms with Gasteiger partial charge in [-0.25, -0.2) is 9.98 Å². The first-order valence-electron chi connectivity index (χ1n) is 15.9. The molecule has 0 heterocycles. The van der Waals surface area contributed by atoms with Crippen LogP contribution >= 0.6 is 0 Å². The fourth-order valence-corrected chi connectivity index (χ4v) is 6.58. The average molecular weight is 501 g/mol. The van der Waals surface area contributed by atoms with E-state index in [9.17, 15) is 0 Å². The van der Waals surface area contributed by atoms with E-state index in [-0.39, 0.29) is 12.1 Å². The second kappa shape index (κ2) is 15.1. The van der Waals surface area contributed by atoms with E-state index in [0.29, 0.717) is 24.2 Å². The minimum absolute atomic E-state index is 0.258. The summed E-state index contributed by atoms with van der Waals surface area (Å²) in [4.78, 5) is 10.5. The number of hydrogen-bond donors (Lipinski definition) is 4. The number of hydrogen-bond acceptors (Lipinski definition) is 2. The van der Waals surface area contributed by atoms with Crippen LogP contribution in [0.2, 0.25) is 0 Å². The van der Waals surface area contributed by atoms with Gasteiger partial charge in [0.1, 0.15) is 0 Å². The lowest BCUT2D eigenvalue weighted by molar-refractivity contribution is 0.393.